The zero-order valence-electron chi connectivity index (χ0n) is 11.5. The Balaban J connectivity index is 2.19. The molecule has 0 spiro atoms. The average Bonchev–Trinajstić information content (AvgIpc) is 2.80. The molecular weight excluding hydrogens is 210 g/mol. The van der Waals surface area contributed by atoms with E-state index in [1.807, 2.05) is 6.20 Å². The fourth-order valence-corrected chi connectivity index (χ4v) is 3.11. The minimum absolute atomic E-state index is 0.385. The van der Waals surface area contributed by atoms with Gasteiger partial charge < -0.3 is 9.88 Å². The SMILES string of the molecule is CCCNC1C(n2ccnc2C)CCC1(C)C. The van der Waals surface area contributed by atoms with Crippen molar-refractivity contribution in [2.75, 3.05) is 6.54 Å². The minimum atomic E-state index is 0.385. The maximum absolute atomic E-state index is 4.36. The van der Waals surface area contributed by atoms with E-state index in [0.717, 1.165) is 12.4 Å². The summed E-state index contributed by atoms with van der Waals surface area (Å²) >= 11 is 0. The molecule has 0 radical (unpaired) electrons. The van der Waals surface area contributed by atoms with Crippen LogP contribution in [-0.4, -0.2) is 22.1 Å². The van der Waals surface area contributed by atoms with Gasteiger partial charge in [-0.05, 0) is 38.1 Å². The maximum Gasteiger partial charge on any atom is 0.105 e. The van der Waals surface area contributed by atoms with Gasteiger partial charge in [-0.1, -0.05) is 20.8 Å². The molecule has 0 aliphatic heterocycles. The predicted molar refractivity (Wildman–Crippen MR) is 71.1 cm³/mol. The number of aromatic nitrogens is 2. The quantitative estimate of drug-likeness (QED) is 0.869. The van der Waals surface area contributed by atoms with Gasteiger partial charge in [-0.25, -0.2) is 4.98 Å². The van der Waals surface area contributed by atoms with Crippen molar-refractivity contribution in [3.63, 3.8) is 0 Å². The summed E-state index contributed by atoms with van der Waals surface area (Å²) in [5.41, 5.74) is 0.385. The van der Waals surface area contributed by atoms with Crippen LogP contribution in [0.4, 0.5) is 0 Å². The van der Waals surface area contributed by atoms with Gasteiger partial charge in [0, 0.05) is 18.4 Å². The van der Waals surface area contributed by atoms with Gasteiger partial charge in [-0.15, -0.1) is 0 Å². The summed E-state index contributed by atoms with van der Waals surface area (Å²) in [5.74, 6) is 1.14. The molecule has 1 heterocycles. The standard InChI is InChI=1S/C14H25N3/c1-5-8-16-13-12(6-7-14(13,3)4)17-10-9-15-11(17)2/h9-10,12-13,16H,5-8H2,1-4H3. The van der Waals surface area contributed by atoms with Gasteiger partial charge in [-0.2, -0.15) is 0 Å². The molecule has 1 N–H and O–H groups in total. The summed E-state index contributed by atoms with van der Waals surface area (Å²) in [6.45, 7) is 10.2. The van der Waals surface area contributed by atoms with Gasteiger partial charge in [-0.3, -0.25) is 0 Å². The van der Waals surface area contributed by atoms with E-state index < -0.39 is 0 Å². The molecule has 0 amide bonds. The molecule has 1 fully saturated rings. The molecule has 17 heavy (non-hydrogen) atoms. The van der Waals surface area contributed by atoms with Crippen molar-refractivity contribution >= 4 is 0 Å². The first-order valence-electron chi connectivity index (χ1n) is 6.79. The van der Waals surface area contributed by atoms with Crippen LogP contribution in [0.3, 0.4) is 0 Å². The molecule has 0 bridgehead atoms. The zero-order valence-corrected chi connectivity index (χ0v) is 11.5. The molecule has 1 aromatic rings. The number of imidazole rings is 1. The van der Waals surface area contributed by atoms with Gasteiger partial charge >= 0.3 is 0 Å². The fraction of sp³-hybridized carbons (Fsp3) is 0.786. The van der Waals surface area contributed by atoms with Crippen LogP contribution in [0.25, 0.3) is 0 Å². The highest BCUT2D eigenvalue weighted by Gasteiger charge is 2.42. The molecule has 1 aliphatic rings. The van der Waals surface area contributed by atoms with Crippen molar-refractivity contribution in [3.8, 4) is 0 Å². The Hall–Kier alpha value is -0.830. The maximum atomic E-state index is 4.36. The van der Waals surface area contributed by atoms with Gasteiger partial charge in [0.05, 0.1) is 6.04 Å². The van der Waals surface area contributed by atoms with Crippen molar-refractivity contribution in [2.24, 2.45) is 5.41 Å². The normalized spacial score (nSPS) is 27.5. The second-order valence-corrected chi connectivity index (χ2v) is 5.91. The zero-order chi connectivity index (χ0) is 12.5. The number of nitrogens with zero attached hydrogens (tertiary/aromatic N) is 2. The van der Waals surface area contributed by atoms with Crippen molar-refractivity contribution < 1.29 is 0 Å². The Bertz CT molecular complexity index is 367. The second-order valence-electron chi connectivity index (χ2n) is 5.91. The smallest absolute Gasteiger partial charge is 0.105 e. The minimum Gasteiger partial charge on any atom is -0.331 e. The first-order valence-corrected chi connectivity index (χ1v) is 6.79. The van der Waals surface area contributed by atoms with Gasteiger partial charge in [0.15, 0.2) is 0 Å². The van der Waals surface area contributed by atoms with Gasteiger partial charge in [0.25, 0.3) is 0 Å². The van der Waals surface area contributed by atoms with E-state index in [0.29, 0.717) is 17.5 Å². The monoisotopic (exact) mass is 235 g/mol. The summed E-state index contributed by atoms with van der Waals surface area (Å²) in [6, 6.07) is 1.13. The topological polar surface area (TPSA) is 29.9 Å². The fourth-order valence-electron chi connectivity index (χ4n) is 3.11. The van der Waals surface area contributed by atoms with E-state index >= 15 is 0 Å². The highest BCUT2D eigenvalue weighted by atomic mass is 15.1. The van der Waals surface area contributed by atoms with E-state index in [1.54, 1.807) is 0 Å². The van der Waals surface area contributed by atoms with Crippen LogP contribution in [0.5, 0.6) is 0 Å². The molecule has 96 valence electrons. The number of aryl methyl sites for hydroxylation is 1. The third kappa shape index (κ3) is 2.39. The van der Waals surface area contributed by atoms with Gasteiger partial charge in [0.2, 0.25) is 0 Å². The largest absolute Gasteiger partial charge is 0.331 e. The van der Waals surface area contributed by atoms with E-state index in [1.165, 1.54) is 19.3 Å². The van der Waals surface area contributed by atoms with Crippen molar-refractivity contribution in [1.29, 1.82) is 0 Å². The van der Waals surface area contributed by atoms with Crippen LogP contribution in [-0.2, 0) is 0 Å². The van der Waals surface area contributed by atoms with Crippen molar-refractivity contribution in [1.82, 2.24) is 14.9 Å². The van der Waals surface area contributed by atoms with Crippen LogP contribution in [0.15, 0.2) is 12.4 Å². The lowest BCUT2D eigenvalue weighted by atomic mass is 9.86. The van der Waals surface area contributed by atoms with Crippen LogP contribution in [0.1, 0.15) is 51.9 Å². The van der Waals surface area contributed by atoms with Crippen molar-refractivity contribution in [2.45, 2.75) is 59.0 Å². The Morgan fingerprint density at radius 1 is 1.53 bits per heavy atom. The lowest BCUT2D eigenvalue weighted by Crippen LogP contribution is -2.43. The Labute approximate surface area is 105 Å². The summed E-state index contributed by atoms with van der Waals surface area (Å²) < 4.78 is 2.35. The third-order valence-electron chi connectivity index (χ3n) is 4.14. The molecule has 2 rings (SSSR count). The van der Waals surface area contributed by atoms with Crippen LogP contribution in [0, 0.1) is 12.3 Å². The first-order chi connectivity index (χ1) is 8.06. The molecule has 2 unspecified atom stereocenters. The highest BCUT2D eigenvalue weighted by Crippen LogP contribution is 2.44. The highest BCUT2D eigenvalue weighted by molar-refractivity contribution is 5.04. The van der Waals surface area contributed by atoms with E-state index in [-0.39, 0.29) is 0 Å². The molecular formula is C14H25N3. The van der Waals surface area contributed by atoms with Gasteiger partial charge in [0.1, 0.15) is 5.82 Å². The van der Waals surface area contributed by atoms with Crippen LogP contribution >= 0.6 is 0 Å². The van der Waals surface area contributed by atoms with E-state index in [2.05, 4.69) is 48.8 Å². The Morgan fingerprint density at radius 2 is 2.29 bits per heavy atom. The lowest BCUT2D eigenvalue weighted by molar-refractivity contribution is 0.247. The first kappa shape index (κ1) is 12.6. The molecule has 0 aromatic carbocycles. The van der Waals surface area contributed by atoms with Crippen molar-refractivity contribution in [3.05, 3.63) is 18.2 Å². The summed E-state index contributed by atoms with van der Waals surface area (Å²) in [6.07, 6.45) is 7.78. The molecule has 1 aliphatic carbocycles. The second kappa shape index (κ2) is 4.81. The lowest BCUT2D eigenvalue weighted by Gasteiger charge is -2.32. The Morgan fingerprint density at radius 3 is 2.88 bits per heavy atom. The number of rotatable bonds is 4. The van der Waals surface area contributed by atoms with E-state index in [4.69, 9.17) is 0 Å². The van der Waals surface area contributed by atoms with Crippen LogP contribution in [0.2, 0.25) is 0 Å². The molecule has 2 atom stereocenters. The van der Waals surface area contributed by atoms with E-state index in [9.17, 15) is 0 Å². The summed E-state index contributed by atoms with van der Waals surface area (Å²) in [5, 5.41) is 3.74. The molecule has 1 aromatic heterocycles. The third-order valence-corrected chi connectivity index (χ3v) is 4.14. The predicted octanol–water partition coefficient (Wildman–Crippen LogP) is 2.92. The molecule has 0 saturated heterocycles. The number of hydrogen-bond acceptors (Lipinski definition) is 2. The molecule has 1 saturated carbocycles. The average molecular weight is 235 g/mol. The summed E-state index contributed by atoms with van der Waals surface area (Å²) in [7, 11) is 0. The number of hydrogen-bond donors (Lipinski definition) is 1. The summed E-state index contributed by atoms with van der Waals surface area (Å²) in [4.78, 5) is 4.36. The Kier molecular flexibility index (Phi) is 3.57. The molecule has 3 nitrogen and oxygen atoms in total. The van der Waals surface area contributed by atoms with Crippen LogP contribution < -0.4 is 5.32 Å². The molecule has 3 heteroatoms. The number of nitrogens with one attached hydrogen (secondary N) is 1.